The smallest absolute Gasteiger partial charge is 0.157 e. The van der Waals surface area contributed by atoms with Crippen LogP contribution in [0.2, 0.25) is 0 Å². The summed E-state index contributed by atoms with van der Waals surface area (Å²) in [5.41, 5.74) is 0. The fourth-order valence-electron chi connectivity index (χ4n) is 1.29. The van der Waals surface area contributed by atoms with Gasteiger partial charge in [0.2, 0.25) is 0 Å². The van der Waals surface area contributed by atoms with E-state index in [1.165, 1.54) is 0 Å². The molecule has 0 bridgehead atoms. The molecule has 72 valence electrons. The van der Waals surface area contributed by atoms with Crippen molar-refractivity contribution in [3.8, 4) is 5.75 Å². The molecule has 1 aliphatic rings. The molecule has 0 aliphatic carbocycles. The van der Waals surface area contributed by atoms with Gasteiger partial charge in [0, 0.05) is 19.6 Å². The zero-order valence-corrected chi connectivity index (χ0v) is 7.86. The molecule has 1 aliphatic heterocycles. The second-order valence-electron chi connectivity index (χ2n) is 3.34. The molecule has 0 aromatic carbocycles. The maximum Gasteiger partial charge on any atom is 0.157 e. The number of ether oxygens (including phenoxy) is 1. The van der Waals surface area contributed by atoms with Crippen LogP contribution in [0, 0.1) is 0 Å². The van der Waals surface area contributed by atoms with Crippen molar-refractivity contribution in [3.63, 3.8) is 0 Å². The van der Waals surface area contributed by atoms with Crippen molar-refractivity contribution < 1.29 is 4.74 Å². The molecule has 2 rings (SSSR count). The molecule has 1 N–H and O–H groups in total. The molecule has 1 fully saturated rings. The summed E-state index contributed by atoms with van der Waals surface area (Å²) in [4.78, 5) is 0. The molecule has 13 heavy (non-hydrogen) atoms. The van der Waals surface area contributed by atoms with E-state index >= 15 is 0 Å². The van der Waals surface area contributed by atoms with Crippen LogP contribution in [0.4, 0.5) is 0 Å². The minimum atomic E-state index is 0.347. The lowest BCUT2D eigenvalue weighted by Gasteiger charge is -2.26. The number of rotatable bonds is 4. The zero-order valence-electron chi connectivity index (χ0n) is 7.86. The van der Waals surface area contributed by atoms with Crippen molar-refractivity contribution in [1.29, 1.82) is 0 Å². The van der Waals surface area contributed by atoms with Gasteiger partial charge in [-0.1, -0.05) is 6.92 Å². The van der Waals surface area contributed by atoms with Crippen molar-refractivity contribution in [1.82, 2.24) is 15.1 Å². The molecule has 1 saturated heterocycles. The quantitative estimate of drug-likeness (QED) is 0.741. The molecule has 2 heterocycles. The van der Waals surface area contributed by atoms with E-state index in [1.807, 2.05) is 10.9 Å². The normalized spacial score (nSPS) is 17.0. The Bertz CT molecular complexity index is 268. The van der Waals surface area contributed by atoms with E-state index in [1.54, 1.807) is 6.20 Å². The van der Waals surface area contributed by atoms with Gasteiger partial charge in [0.15, 0.2) is 5.75 Å². The first-order chi connectivity index (χ1) is 6.38. The van der Waals surface area contributed by atoms with Gasteiger partial charge >= 0.3 is 0 Å². The van der Waals surface area contributed by atoms with E-state index < -0.39 is 0 Å². The van der Waals surface area contributed by atoms with Gasteiger partial charge in [0.05, 0.1) is 12.4 Å². The van der Waals surface area contributed by atoms with Crippen LogP contribution in [-0.4, -0.2) is 29.0 Å². The number of hydrogen-bond acceptors (Lipinski definition) is 3. The van der Waals surface area contributed by atoms with Gasteiger partial charge in [0.1, 0.15) is 6.10 Å². The Kier molecular flexibility index (Phi) is 2.49. The summed E-state index contributed by atoms with van der Waals surface area (Å²) in [7, 11) is 0. The second-order valence-corrected chi connectivity index (χ2v) is 3.34. The summed E-state index contributed by atoms with van der Waals surface area (Å²) in [6, 6.07) is 0. The van der Waals surface area contributed by atoms with E-state index in [2.05, 4.69) is 17.3 Å². The highest BCUT2D eigenvalue weighted by Crippen LogP contribution is 2.12. The highest BCUT2D eigenvalue weighted by atomic mass is 16.5. The molecular formula is C9H15N3O. The Morgan fingerprint density at radius 3 is 3.15 bits per heavy atom. The largest absolute Gasteiger partial charge is 0.484 e. The van der Waals surface area contributed by atoms with Crippen LogP contribution in [0.3, 0.4) is 0 Å². The van der Waals surface area contributed by atoms with Crippen LogP contribution < -0.4 is 10.1 Å². The van der Waals surface area contributed by atoms with Crippen molar-refractivity contribution in [2.45, 2.75) is 26.0 Å². The molecule has 0 amide bonds. The van der Waals surface area contributed by atoms with E-state index in [0.29, 0.717) is 6.10 Å². The lowest BCUT2D eigenvalue weighted by molar-refractivity contribution is 0.142. The fourth-order valence-corrected chi connectivity index (χ4v) is 1.29. The Morgan fingerprint density at radius 1 is 1.69 bits per heavy atom. The Hall–Kier alpha value is -1.03. The third-order valence-corrected chi connectivity index (χ3v) is 2.11. The third kappa shape index (κ3) is 2.01. The molecule has 0 saturated carbocycles. The Balaban J connectivity index is 1.88. The van der Waals surface area contributed by atoms with Crippen LogP contribution in [0.25, 0.3) is 0 Å². The molecule has 4 heteroatoms. The van der Waals surface area contributed by atoms with E-state index in [4.69, 9.17) is 4.74 Å². The predicted molar refractivity (Wildman–Crippen MR) is 49.8 cm³/mol. The SMILES string of the molecule is CCCn1cc(OC2CNC2)cn1. The van der Waals surface area contributed by atoms with Crippen molar-refractivity contribution in [3.05, 3.63) is 12.4 Å². The summed E-state index contributed by atoms with van der Waals surface area (Å²) in [5, 5.41) is 7.35. The number of nitrogens with zero attached hydrogens (tertiary/aromatic N) is 2. The average Bonchev–Trinajstić information content (AvgIpc) is 2.46. The summed E-state index contributed by atoms with van der Waals surface area (Å²) >= 11 is 0. The molecule has 0 atom stereocenters. The van der Waals surface area contributed by atoms with Crippen LogP contribution in [0.1, 0.15) is 13.3 Å². The van der Waals surface area contributed by atoms with Gasteiger partial charge in [-0.3, -0.25) is 4.68 Å². The van der Waals surface area contributed by atoms with Gasteiger partial charge in [-0.05, 0) is 6.42 Å². The number of aromatic nitrogens is 2. The van der Waals surface area contributed by atoms with Crippen molar-refractivity contribution in [2.24, 2.45) is 0 Å². The average molecular weight is 181 g/mol. The molecular weight excluding hydrogens is 166 g/mol. The maximum atomic E-state index is 5.63. The van der Waals surface area contributed by atoms with E-state index in [0.717, 1.165) is 31.8 Å². The number of nitrogens with one attached hydrogen (secondary N) is 1. The second kappa shape index (κ2) is 3.79. The van der Waals surface area contributed by atoms with Gasteiger partial charge in [-0.2, -0.15) is 5.10 Å². The monoisotopic (exact) mass is 181 g/mol. The molecule has 4 nitrogen and oxygen atoms in total. The summed E-state index contributed by atoms with van der Waals surface area (Å²) in [6.45, 7) is 5.02. The van der Waals surface area contributed by atoms with Gasteiger partial charge in [-0.25, -0.2) is 0 Å². The van der Waals surface area contributed by atoms with Gasteiger partial charge < -0.3 is 10.1 Å². The molecule has 0 spiro atoms. The summed E-state index contributed by atoms with van der Waals surface area (Å²) in [6.07, 6.45) is 5.20. The predicted octanol–water partition coefficient (Wildman–Crippen LogP) is 0.644. The third-order valence-electron chi connectivity index (χ3n) is 2.11. The van der Waals surface area contributed by atoms with Crippen molar-refractivity contribution >= 4 is 0 Å². The van der Waals surface area contributed by atoms with Crippen LogP contribution in [0.5, 0.6) is 5.75 Å². The van der Waals surface area contributed by atoms with Crippen molar-refractivity contribution in [2.75, 3.05) is 13.1 Å². The molecule has 0 unspecified atom stereocenters. The maximum absolute atomic E-state index is 5.63. The Labute approximate surface area is 77.9 Å². The zero-order chi connectivity index (χ0) is 9.10. The molecule has 1 aromatic heterocycles. The van der Waals surface area contributed by atoms with Crippen LogP contribution in [0.15, 0.2) is 12.4 Å². The first kappa shape index (κ1) is 8.56. The lowest BCUT2D eigenvalue weighted by Crippen LogP contribution is -2.50. The van der Waals surface area contributed by atoms with E-state index in [-0.39, 0.29) is 0 Å². The first-order valence-electron chi connectivity index (χ1n) is 4.78. The minimum Gasteiger partial charge on any atom is -0.484 e. The topological polar surface area (TPSA) is 39.1 Å². The highest BCUT2D eigenvalue weighted by Gasteiger charge is 2.18. The summed E-state index contributed by atoms with van der Waals surface area (Å²) < 4.78 is 7.55. The fraction of sp³-hybridized carbons (Fsp3) is 0.667. The minimum absolute atomic E-state index is 0.347. The summed E-state index contributed by atoms with van der Waals surface area (Å²) in [5.74, 6) is 0.889. The first-order valence-corrected chi connectivity index (χ1v) is 4.78. The lowest BCUT2D eigenvalue weighted by atomic mass is 10.2. The standard InChI is InChI=1S/C9H15N3O/c1-2-3-12-7-9(6-11-12)13-8-4-10-5-8/h6-8,10H,2-5H2,1H3. The van der Waals surface area contributed by atoms with E-state index in [9.17, 15) is 0 Å². The Morgan fingerprint density at radius 2 is 2.54 bits per heavy atom. The van der Waals surface area contributed by atoms with Crippen LogP contribution >= 0.6 is 0 Å². The number of aryl methyl sites for hydroxylation is 1. The molecule has 1 aromatic rings. The molecule has 0 radical (unpaired) electrons. The van der Waals surface area contributed by atoms with Crippen LogP contribution in [-0.2, 0) is 6.54 Å². The number of hydrogen-bond donors (Lipinski definition) is 1. The highest BCUT2D eigenvalue weighted by molar-refractivity contribution is 5.12. The van der Waals surface area contributed by atoms with Gasteiger partial charge in [-0.15, -0.1) is 0 Å². The van der Waals surface area contributed by atoms with Gasteiger partial charge in [0.25, 0.3) is 0 Å².